The molecule has 1 amide bonds. The normalized spacial score (nSPS) is 21.5. The van der Waals surface area contributed by atoms with Crippen molar-refractivity contribution in [3.05, 3.63) is 33.9 Å². The van der Waals surface area contributed by atoms with Crippen molar-refractivity contribution in [1.29, 1.82) is 0 Å². The Morgan fingerprint density at radius 3 is 2.75 bits per heavy atom. The summed E-state index contributed by atoms with van der Waals surface area (Å²) in [5.41, 5.74) is 0.241. The first-order valence-corrected chi connectivity index (χ1v) is 6.64. The van der Waals surface area contributed by atoms with Crippen LogP contribution in [0.3, 0.4) is 0 Å². The standard InChI is InChI=1S/C14H18N2O4/c1-9-3-4-10(7-9)15-14(17)12-6-5-11(16(18)19)8-13(12)20-2/h5-6,8-10H,3-4,7H2,1-2H3,(H,15,17). The van der Waals surface area contributed by atoms with E-state index < -0.39 is 4.92 Å². The monoisotopic (exact) mass is 278 g/mol. The molecule has 1 aliphatic carbocycles. The Balaban J connectivity index is 2.14. The molecule has 0 radical (unpaired) electrons. The lowest BCUT2D eigenvalue weighted by molar-refractivity contribution is -0.384. The highest BCUT2D eigenvalue weighted by Crippen LogP contribution is 2.27. The minimum absolute atomic E-state index is 0.0899. The molecule has 0 aliphatic heterocycles. The lowest BCUT2D eigenvalue weighted by Crippen LogP contribution is -2.33. The van der Waals surface area contributed by atoms with Gasteiger partial charge in [0.2, 0.25) is 0 Å². The highest BCUT2D eigenvalue weighted by molar-refractivity contribution is 5.97. The molecule has 1 aromatic rings. The van der Waals surface area contributed by atoms with Crippen molar-refractivity contribution in [2.45, 2.75) is 32.2 Å². The number of carbonyl (C=O) groups excluding carboxylic acids is 1. The molecule has 6 heteroatoms. The zero-order chi connectivity index (χ0) is 14.7. The predicted molar refractivity (Wildman–Crippen MR) is 73.9 cm³/mol. The number of ether oxygens (including phenoxy) is 1. The number of hydrogen-bond acceptors (Lipinski definition) is 4. The van der Waals surface area contributed by atoms with Gasteiger partial charge in [-0.1, -0.05) is 6.92 Å². The molecule has 108 valence electrons. The van der Waals surface area contributed by atoms with Gasteiger partial charge in [-0.05, 0) is 31.2 Å². The second-order valence-electron chi connectivity index (χ2n) is 5.23. The fraction of sp³-hybridized carbons (Fsp3) is 0.500. The van der Waals surface area contributed by atoms with Crippen LogP contribution < -0.4 is 10.1 Å². The summed E-state index contributed by atoms with van der Waals surface area (Å²) in [6.07, 6.45) is 3.06. The molecule has 6 nitrogen and oxygen atoms in total. The number of rotatable bonds is 4. The number of amides is 1. The first-order chi connectivity index (χ1) is 9.51. The molecule has 2 rings (SSSR count). The maximum atomic E-state index is 12.2. The summed E-state index contributed by atoms with van der Waals surface area (Å²) in [5, 5.41) is 13.7. The van der Waals surface area contributed by atoms with Gasteiger partial charge >= 0.3 is 0 Å². The highest BCUT2D eigenvalue weighted by atomic mass is 16.6. The van der Waals surface area contributed by atoms with Crippen LogP contribution in [0.4, 0.5) is 5.69 Å². The van der Waals surface area contributed by atoms with E-state index >= 15 is 0 Å². The molecule has 0 bridgehead atoms. The van der Waals surface area contributed by atoms with Gasteiger partial charge in [-0.25, -0.2) is 0 Å². The molecule has 0 aromatic heterocycles. The highest BCUT2D eigenvalue weighted by Gasteiger charge is 2.24. The molecule has 2 atom stereocenters. The van der Waals surface area contributed by atoms with Gasteiger partial charge < -0.3 is 10.1 Å². The van der Waals surface area contributed by atoms with Crippen LogP contribution >= 0.6 is 0 Å². The number of carbonyl (C=O) groups is 1. The molecule has 20 heavy (non-hydrogen) atoms. The topological polar surface area (TPSA) is 81.5 Å². The maximum Gasteiger partial charge on any atom is 0.273 e. The van der Waals surface area contributed by atoms with Gasteiger partial charge in [0.25, 0.3) is 11.6 Å². The largest absolute Gasteiger partial charge is 0.496 e. The molecule has 0 heterocycles. The van der Waals surface area contributed by atoms with Crippen molar-refractivity contribution in [3.8, 4) is 5.75 Å². The Hall–Kier alpha value is -2.11. The van der Waals surface area contributed by atoms with E-state index in [1.165, 1.54) is 25.3 Å². The zero-order valence-corrected chi connectivity index (χ0v) is 11.6. The van der Waals surface area contributed by atoms with Crippen molar-refractivity contribution in [2.24, 2.45) is 5.92 Å². The molecule has 2 unspecified atom stereocenters. The number of nitrogens with one attached hydrogen (secondary N) is 1. The summed E-state index contributed by atoms with van der Waals surface area (Å²) < 4.78 is 5.08. The average Bonchev–Trinajstić information content (AvgIpc) is 2.83. The fourth-order valence-corrected chi connectivity index (χ4v) is 2.58. The summed E-state index contributed by atoms with van der Waals surface area (Å²) in [4.78, 5) is 22.4. The van der Waals surface area contributed by atoms with Crippen molar-refractivity contribution in [3.63, 3.8) is 0 Å². The van der Waals surface area contributed by atoms with E-state index in [4.69, 9.17) is 4.74 Å². The lowest BCUT2D eigenvalue weighted by Gasteiger charge is -2.14. The lowest BCUT2D eigenvalue weighted by atomic mass is 10.1. The third-order valence-electron chi connectivity index (χ3n) is 3.67. The van der Waals surface area contributed by atoms with Gasteiger partial charge in [-0.3, -0.25) is 14.9 Å². The van der Waals surface area contributed by atoms with E-state index in [-0.39, 0.29) is 23.4 Å². The van der Waals surface area contributed by atoms with Crippen LogP contribution in [-0.2, 0) is 0 Å². The minimum Gasteiger partial charge on any atom is -0.496 e. The fourth-order valence-electron chi connectivity index (χ4n) is 2.58. The zero-order valence-electron chi connectivity index (χ0n) is 11.6. The van der Waals surface area contributed by atoms with E-state index in [1.54, 1.807) is 0 Å². The molecule has 0 saturated heterocycles. The molecule has 1 saturated carbocycles. The Bertz CT molecular complexity index is 530. The molecule has 1 fully saturated rings. The number of nitro benzene ring substituents is 1. The average molecular weight is 278 g/mol. The Kier molecular flexibility index (Phi) is 4.22. The SMILES string of the molecule is COc1cc([N+](=O)[O-])ccc1C(=O)NC1CCC(C)C1. The number of methoxy groups -OCH3 is 1. The predicted octanol–water partition coefficient (Wildman–Crippen LogP) is 2.52. The number of hydrogen-bond donors (Lipinski definition) is 1. The van der Waals surface area contributed by atoms with E-state index in [0.717, 1.165) is 19.3 Å². The third-order valence-corrected chi connectivity index (χ3v) is 3.67. The van der Waals surface area contributed by atoms with E-state index in [0.29, 0.717) is 11.5 Å². The molecule has 0 spiro atoms. The Labute approximate surface area is 117 Å². The van der Waals surface area contributed by atoms with Gasteiger partial charge in [-0.15, -0.1) is 0 Å². The van der Waals surface area contributed by atoms with Crippen LogP contribution in [0.1, 0.15) is 36.5 Å². The van der Waals surface area contributed by atoms with E-state index in [1.807, 2.05) is 0 Å². The molecule has 1 aliphatic rings. The summed E-state index contributed by atoms with van der Waals surface area (Å²) >= 11 is 0. The van der Waals surface area contributed by atoms with Crippen LogP contribution in [-0.4, -0.2) is 24.0 Å². The van der Waals surface area contributed by atoms with Crippen molar-refractivity contribution < 1.29 is 14.5 Å². The molecular formula is C14H18N2O4. The van der Waals surface area contributed by atoms with Crippen LogP contribution in [0.25, 0.3) is 0 Å². The minimum atomic E-state index is -0.511. The van der Waals surface area contributed by atoms with Crippen LogP contribution in [0.15, 0.2) is 18.2 Å². The second-order valence-corrected chi connectivity index (χ2v) is 5.23. The summed E-state index contributed by atoms with van der Waals surface area (Å²) in [5.74, 6) is 0.609. The number of nitro groups is 1. The molecule has 1 aromatic carbocycles. The van der Waals surface area contributed by atoms with E-state index in [9.17, 15) is 14.9 Å². The van der Waals surface area contributed by atoms with Crippen molar-refractivity contribution in [1.82, 2.24) is 5.32 Å². The van der Waals surface area contributed by atoms with Gasteiger partial charge in [-0.2, -0.15) is 0 Å². The van der Waals surface area contributed by atoms with E-state index in [2.05, 4.69) is 12.2 Å². The van der Waals surface area contributed by atoms with Crippen molar-refractivity contribution in [2.75, 3.05) is 7.11 Å². The quantitative estimate of drug-likeness (QED) is 0.677. The maximum absolute atomic E-state index is 12.2. The summed E-state index contributed by atoms with van der Waals surface area (Å²) in [6, 6.07) is 4.20. The Morgan fingerprint density at radius 2 is 2.20 bits per heavy atom. The number of non-ortho nitro benzene ring substituents is 1. The van der Waals surface area contributed by atoms with Crippen LogP contribution in [0.2, 0.25) is 0 Å². The number of benzene rings is 1. The first-order valence-electron chi connectivity index (χ1n) is 6.64. The molecular weight excluding hydrogens is 260 g/mol. The van der Waals surface area contributed by atoms with Gasteiger partial charge in [0, 0.05) is 12.1 Å². The van der Waals surface area contributed by atoms with Gasteiger partial charge in [0.05, 0.1) is 23.7 Å². The van der Waals surface area contributed by atoms with Crippen LogP contribution in [0, 0.1) is 16.0 Å². The van der Waals surface area contributed by atoms with Crippen molar-refractivity contribution >= 4 is 11.6 Å². The first kappa shape index (κ1) is 14.3. The van der Waals surface area contributed by atoms with Gasteiger partial charge in [0.15, 0.2) is 0 Å². The second kappa shape index (κ2) is 5.90. The summed E-state index contributed by atoms with van der Waals surface area (Å²) in [6.45, 7) is 2.17. The molecule has 1 N–H and O–H groups in total. The smallest absolute Gasteiger partial charge is 0.273 e. The Morgan fingerprint density at radius 1 is 1.45 bits per heavy atom. The number of nitrogens with zero attached hydrogens (tertiary/aromatic N) is 1. The van der Waals surface area contributed by atoms with Gasteiger partial charge in [0.1, 0.15) is 5.75 Å². The third kappa shape index (κ3) is 3.07. The van der Waals surface area contributed by atoms with Crippen LogP contribution in [0.5, 0.6) is 5.75 Å². The summed E-state index contributed by atoms with van der Waals surface area (Å²) in [7, 11) is 1.40.